The van der Waals surface area contributed by atoms with Crippen LogP contribution in [0.5, 0.6) is 23.0 Å². The van der Waals surface area contributed by atoms with Crippen LogP contribution in [0, 0.1) is 11.8 Å². The van der Waals surface area contributed by atoms with E-state index in [1.54, 1.807) is 52.0 Å². The van der Waals surface area contributed by atoms with Crippen LogP contribution in [0.15, 0.2) is 69.5 Å². The van der Waals surface area contributed by atoms with E-state index in [-0.39, 0.29) is 73.9 Å². The molecule has 0 aliphatic carbocycles. The zero-order valence-electron chi connectivity index (χ0n) is 41.7. The molecule has 4 rings (SSSR count). The van der Waals surface area contributed by atoms with E-state index in [4.69, 9.17) is 27.4 Å². The minimum atomic E-state index is -3.34. The van der Waals surface area contributed by atoms with E-state index in [2.05, 4.69) is 21.3 Å². The Morgan fingerprint density at radius 3 is 1.32 bits per heavy atom. The van der Waals surface area contributed by atoms with Crippen molar-refractivity contribution in [3.8, 4) is 45.6 Å². The summed E-state index contributed by atoms with van der Waals surface area (Å²) in [4.78, 5) is 75.2. The normalized spacial score (nSPS) is 12.7. The molecule has 22 heteroatoms. The smallest absolute Gasteiger partial charge is 0.418 e. The number of carbonyl (C=O) groups is 6. The van der Waals surface area contributed by atoms with Crippen molar-refractivity contribution >= 4 is 44.7 Å². The van der Waals surface area contributed by atoms with Crippen LogP contribution in [0.4, 0.5) is 0 Å². The summed E-state index contributed by atoms with van der Waals surface area (Å²) in [5.74, 6) is -2.33. The summed E-state index contributed by atoms with van der Waals surface area (Å²) >= 11 is 0. The van der Waals surface area contributed by atoms with Gasteiger partial charge in [0.15, 0.2) is 11.5 Å². The third kappa shape index (κ3) is 17.2. The molecule has 72 heavy (non-hydrogen) atoms. The number of benzene rings is 2. The summed E-state index contributed by atoms with van der Waals surface area (Å²) in [6.07, 6.45) is 7.14. The standard InChI is InChI=1S/C50H69N6O15P/c1-7-13-15-17-39(41(9-3)55(63)31-57)47(59)51-29-53-49(61)45-21-19-43(68-45)33-23-35(66-11-5)27-37(25-33)70-72(65)71-38-26-34(24-36(28-38)67-12-6)44-20-22-46(69-44)50(62)54-30-52-48(60)40(18-16-14-8-2)42(10-4)56(64)32-58/h19-28,31-32,39-42,63-64,72H,7-18,29-30H2,1-6H3,(H,51,59)(H,52,60)(H,53,61)(H,54,62)/t39-,40-,41-,42-/m1/s1. The van der Waals surface area contributed by atoms with Crippen LogP contribution in [0.1, 0.15) is 127 Å². The molecule has 0 aliphatic heterocycles. The molecule has 0 bridgehead atoms. The van der Waals surface area contributed by atoms with E-state index in [1.807, 2.05) is 13.8 Å². The van der Waals surface area contributed by atoms with E-state index in [1.165, 1.54) is 36.4 Å². The second-order valence-corrected chi connectivity index (χ2v) is 17.5. The van der Waals surface area contributed by atoms with Gasteiger partial charge in [-0.3, -0.25) is 39.2 Å². The number of unbranched alkanes of at least 4 members (excludes halogenated alkanes) is 4. The molecule has 0 fully saturated rings. The molecule has 0 saturated heterocycles. The van der Waals surface area contributed by atoms with E-state index < -0.39 is 55.8 Å². The van der Waals surface area contributed by atoms with Gasteiger partial charge in [0.1, 0.15) is 34.5 Å². The molecular weight excluding hydrogens is 956 g/mol. The Morgan fingerprint density at radius 1 is 0.583 bits per heavy atom. The van der Waals surface area contributed by atoms with Crippen LogP contribution in [0.2, 0.25) is 0 Å². The fourth-order valence-electron chi connectivity index (χ4n) is 8.04. The monoisotopic (exact) mass is 1020 g/mol. The number of furan rings is 2. The number of hydrogen-bond donors (Lipinski definition) is 6. The molecule has 0 aliphatic rings. The van der Waals surface area contributed by atoms with Crippen molar-refractivity contribution in [2.45, 2.75) is 118 Å². The highest BCUT2D eigenvalue weighted by Crippen LogP contribution is 2.39. The third-order valence-electron chi connectivity index (χ3n) is 11.6. The van der Waals surface area contributed by atoms with Gasteiger partial charge in [-0.05, 0) is 88.1 Å². The minimum absolute atomic E-state index is 0.0765. The second kappa shape index (κ2) is 30.1. The molecular formula is C50H69N6O15P. The number of nitrogens with one attached hydrogen (secondary N) is 4. The van der Waals surface area contributed by atoms with Gasteiger partial charge in [0.05, 0.1) is 50.5 Å². The third-order valence-corrected chi connectivity index (χ3v) is 12.4. The van der Waals surface area contributed by atoms with Gasteiger partial charge < -0.3 is 48.6 Å². The molecule has 2 aromatic heterocycles. The first-order chi connectivity index (χ1) is 34.7. The molecule has 394 valence electrons. The molecule has 6 N–H and O–H groups in total. The first-order valence-corrected chi connectivity index (χ1v) is 25.6. The lowest BCUT2D eigenvalue weighted by Gasteiger charge is -2.29. The summed E-state index contributed by atoms with van der Waals surface area (Å²) in [7, 11) is -3.34. The first kappa shape index (κ1) is 57.7. The quantitative estimate of drug-likeness (QED) is 0.00644. The fourth-order valence-corrected chi connectivity index (χ4v) is 8.70. The zero-order chi connectivity index (χ0) is 52.6. The molecule has 6 amide bonds. The van der Waals surface area contributed by atoms with Crippen LogP contribution in [-0.2, 0) is 23.7 Å². The highest BCUT2D eigenvalue weighted by atomic mass is 31.1. The summed E-state index contributed by atoms with van der Waals surface area (Å²) in [6, 6.07) is 13.9. The average molecular weight is 1030 g/mol. The lowest BCUT2D eigenvalue weighted by molar-refractivity contribution is -0.169. The molecule has 4 aromatic rings. The molecule has 2 aromatic carbocycles. The Morgan fingerprint density at radius 2 is 0.972 bits per heavy atom. The van der Waals surface area contributed by atoms with Gasteiger partial charge in [-0.15, -0.1) is 0 Å². The van der Waals surface area contributed by atoms with E-state index in [0.717, 1.165) is 38.5 Å². The molecule has 0 radical (unpaired) electrons. The van der Waals surface area contributed by atoms with Gasteiger partial charge >= 0.3 is 8.25 Å². The number of ether oxygens (including phenoxy) is 2. The highest BCUT2D eigenvalue weighted by Gasteiger charge is 2.32. The van der Waals surface area contributed by atoms with E-state index >= 15 is 0 Å². The Balaban J connectivity index is 1.42. The summed E-state index contributed by atoms with van der Waals surface area (Å²) in [5.41, 5.74) is 0.819. The maximum Gasteiger partial charge on any atom is 0.418 e. The number of nitrogens with zero attached hydrogens (tertiary/aromatic N) is 2. The first-order valence-electron chi connectivity index (χ1n) is 24.4. The lowest BCUT2D eigenvalue weighted by atomic mass is 9.90. The molecule has 0 saturated carbocycles. The largest absolute Gasteiger partial charge is 0.494 e. The second-order valence-electron chi connectivity index (χ2n) is 16.6. The van der Waals surface area contributed by atoms with Gasteiger partial charge in [-0.1, -0.05) is 66.2 Å². The molecule has 0 spiro atoms. The molecule has 4 atom stereocenters. The number of hydrogen-bond acceptors (Lipinski definition) is 15. The van der Waals surface area contributed by atoms with Crippen LogP contribution in [0.3, 0.4) is 0 Å². The number of hydroxylamine groups is 4. The van der Waals surface area contributed by atoms with Crippen molar-refractivity contribution in [1.82, 2.24) is 31.4 Å². The zero-order valence-corrected chi connectivity index (χ0v) is 42.7. The van der Waals surface area contributed by atoms with Crippen LogP contribution < -0.4 is 39.8 Å². The van der Waals surface area contributed by atoms with Gasteiger partial charge in [0.25, 0.3) is 11.8 Å². The fraction of sp³-hybridized carbons (Fsp3) is 0.480. The van der Waals surface area contributed by atoms with E-state index in [0.29, 0.717) is 58.4 Å². The maximum absolute atomic E-state index is 13.5. The number of rotatable bonds is 34. The van der Waals surface area contributed by atoms with Crippen LogP contribution in [-0.4, -0.2) is 95.6 Å². The summed E-state index contributed by atoms with van der Waals surface area (Å²) in [5, 5.41) is 31.8. The van der Waals surface area contributed by atoms with Crippen molar-refractivity contribution in [2.75, 3.05) is 26.6 Å². The summed E-state index contributed by atoms with van der Waals surface area (Å²) < 4.78 is 48.3. The van der Waals surface area contributed by atoms with Gasteiger partial charge in [-0.2, -0.15) is 0 Å². The average Bonchev–Trinajstić information content (AvgIpc) is 4.08. The van der Waals surface area contributed by atoms with Crippen LogP contribution >= 0.6 is 8.25 Å². The Kier molecular flexibility index (Phi) is 24.2. The van der Waals surface area contributed by atoms with Crippen LogP contribution in [0.25, 0.3) is 22.6 Å². The molecule has 2 heterocycles. The maximum atomic E-state index is 13.5. The van der Waals surface area contributed by atoms with Crippen molar-refractivity contribution in [2.24, 2.45) is 11.8 Å². The van der Waals surface area contributed by atoms with E-state index in [9.17, 15) is 43.7 Å². The van der Waals surface area contributed by atoms with Gasteiger partial charge in [-0.25, -0.2) is 14.7 Å². The predicted molar refractivity (Wildman–Crippen MR) is 265 cm³/mol. The topological polar surface area (TPSA) is 278 Å². The van der Waals surface area contributed by atoms with Crippen molar-refractivity contribution in [3.63, 3.8) is 0 Å². The Bertz CT molecular complexity index is 2250. The van der Waals surface area contributed by atoms with Crippen molar-refractivity contribution < 1.29 is 71.1 Å². The predicted octanol–water partition coefficient (Wildman–Crippen LogP) is 8.10. The van der Waals surface area contributed by atoms with Crippen molar-refractivity contribution in [3.05, 3.63) is 72.2 Å². The minimum Gasteiger partial charge on any atom is -0.494 e. The van der Waals surface area contributed by atoms with Gasteiger partial charge in [0.2, 0.25) is 24.6 Å². The van der Waals surface area contributed by atoms with Gasteiger partial charge in [0, 0.05) is 23.3 Å². The Labute approximate surface area is 420 Å². The summed E-state index contributed by atoms with van der Waals surface area (Å²) in [6.45, 7) is 11.2. The molecule has 21 nitrogen and oxygen atoms in total. The number of carbonyl (C=O) groups excluding carboxylic acids is 6. The molecule has 0 unspecified atom stereocenters. The highest BCUT2D eigenvalue weighted by molar-refractivity contribution is 7.34. The van der Waals surface area contributed by atoms with Crippen molar-refractivity contribution in [1.29, 1.82) is 0 Å². The lowest BCUT2D eigenvalue weighted by Crippen LogP contribution is -2.47. The SMILES string of the molecule is CCCCC[C@@H](C(=O)NCNC(=O)c1ccc(-c2cc(OCC)cc(O[PH](=O)Oc3cc(OCC)cc(-c4ccc(C(=O)NCNC(=O)[C@H](CCCCC)[C@@H](CC)N(O)C=O)o4)c3)c2)o1)[C@@H](CC)N(O)C=O. The Hall–Kier alpha value is -6.83. The number of amides is 6.